The molecule has 0 aliphatic heterocycles. The topological polar surface area (TPSA) is 68.1 Å². The van der Waals surface area contributed by atoms with Crippen LogP contribution in [-0.4, -0.2) is 16.5 Å². The molecule has 104 valence electrons. The summed E-state index contributed by atoms with van der Waals surface area (Å²) in [6.07, 6.45) is 0. The first-order chi connectivity index (χ1) is 9.51. The Labute approximate surface area is 113 Å². The van der Waals surface area contributed by atoms with Gasteiger partial charge in [-0.25, -0.2) is 13.8 Å². The van der Waals surface area contributed by atoms with Crippen molar-refractivity contribution in [3.05, 3.63) is 52.1 Å². The van der Waals surface area contributed by atoms with Gasteiger partial charge in [-0.15, -0.1) is 0 Å². The Kier molecular flexibility index (Phi) is 3.88. The van der Waals surface area contributed by atoms with E-state index in [4.69, 9.17) is 0 Å². The monoisotopic (exact) mass is 279 g/mol. The van der Waals surface area contributed by atoms with Gasteiger partial charge in [0.05, 0.1) is 16.7 Å². The van der Waals surface area contributed by atoms with Crippen molar-refractivity contribution in [3.63, 3.8) is 0 Å². The average molecular weight is 279 g/mol. The zero-order chi connectivity index (χ0) is 14.7. The molecule has 0 amide bonds. The van der Waals surface area contributed by atoms with Crippen LogP contribution in [0.2, 0.25) is 0 Å². The summed E-state index contributed by atoms with van der Waals surface area (Å²) in [6, 6.07) is 5.24. The molecule has 0 aliphatic rings. The fourth-order valence-electron chi connectivity index (χ4n) is 1.72. The Balaban J connectivity index is 2.60. The van der Waals surface area contributed by atoms with Crippen molar-refractivity contribution >= 4 is 11.5 Å². The van der Waals surface area contributed by atoms with Crippen LogP contribution in [0.5, 0.6) is 0 Å². The van der Waals surface area contributed by atoms with E-state index >= 15 is 0 Å². The van der Waals surface area contributed by atoms with Crippen LogP contribution >= 0.6 is 0 Å². The molecule has 7 heteroatoms. The minimum atomic E-state index is -0.693. The highest BCUT2D eigenvalue weighted by molar-refractivity contribution is 5.66. The molecular weight excluding hydrogens is 268 g/mol. The maximum absolute atomic E-state index is 13.7. The van der Waals surface area contributed by atoms with Crippen LogP contribution in [0.3, 0.4) is 0 Å². The van der Waals surface area contributed by atoms with Crippen LogP contribution < -0.4 is 5.32 Å². The van der Waals surface area contributed by atoms with Gasteiger partial charge in [-0.1, -0.05) is 0 Å². The van der Waals surface area contributed by atoms with E-state index < -0.39 is 16.6 Å². The van der Waals surface area contributed by atoms with E-state index in [0.717, 1.165) is 24.3 Å². The van der Waals surface area contributed by atoms with Crippen LogP contribution in [-0.2, 0) is 0 Å². The Morgan fingerprint density at radius 3 is 2.70 bits per heavy atom. The highest BCUT2D eigenvalue weighted by Crippen LogP contribution is 2.27. The molecule has 0 saturated carbocycles. The molecule has 0 bridgehead atoms. The molecule has 0 radical (unpaired) electrons. The van der Waals surface area contributed by atoms with Gasteiger partial charge >= 0.3 is 0 Å². The van der Waals surface area contributed by atoms with Gasteiger partial charge in [0.2, 0.25) is 0 Å². The molecule has 0 aliphatic carbocycles. The Morgan fingerprint density at radius 2 is 2.05 bits per heavy atom. The molecule has 0 unspecified atom stereocenters. The summed E-state index contributed by atoms with van der Waals surface area (Å²) in [5.41, 5.74) is -0.352. The summed E-state index contributed by atoms with van der Waals surface area (Å²) in [4.78, 5) is 14.3. The number of benzene rings is 1. The summed E-state index contributed by atoms with van der Waals surface area (Å²) in [7, 11) is 0. The number of hydrogen-bond acceptors (Lipinski definition) is 4. The summed E-state index contributed by atoms with van der Waals surface area (Å²) < 4.78 is 26.9. The van der Waals surface area contributed by atoms with Crippen molar-refractivity contribution in [2.75, 3.05) is 11.9 Å². The first-order valence-electron chi connectivity index (χ1n) is 5.87. The number of nitro groups is 1. The van der Waals surface area contributed by atoms with E-state index in [-0.39, 0.29) is 22.8 Å². The summed E-state index contributed by atoms with van der Waals surface area (Å²) >= 11 is 0. The van der Waals surface area contributed by atoms with Crippen molar-refractivity contribution < 1.29 is 13.7 Å². The quantitative estimate of drug-likeness (QED) is 0.688. The minimum Gasteiger partial charge on any atom is -0.370 e. The van der Waals surface area contributed by atoms with Crippen LogP contribution in [0.4, 0.5) is 20.3 Å². The van der Waals surface area contributed by atoms with Crippen molar-refractivity contribution in [1.29, 1.82) is 0 Å². The smallest absolute Gasteiger partial charge is 0.275 e. The van der Waals surface area contributed by atoms with E-state index in [2.05, 4.69) is 10.3 Å². The molecule has 1 aromatic carbocycles. The number of halogens is 2. The average Bonchev–Trinajstić information content (AvgIpc) is 2.41. The molecule has 2 rings (SSSR count). The molecular formula is C13H11F2N3O2. The molecule has 20 heavy (non-hydrogen) atoms. The number of hydrogen-bond donors (Lipinski definition) is 1. The highest BCUT2D eigenvalue weighted by atomic mass is 19.1. The van der Waals surface area contributed by atoms with Crippen LogP contribution in [0, 0.1) is 21.7 Å². The third kappa shape index (κ3) is 2.87. The maximum Gasteiger partial charge on any atom is 0.275 e. The number of nitrogens with zero attached hydrogens (tertiary/aromatic N) is 2. The van der Waals surface area contributed by atoms with Crippen molar-refractivity contribution in [2.45, 2.75) is 6.92 Å². The lowest BCUT2D eigenvalue weighted by Gasteiger charge is -2.07. The van der Waals surface area contributed by atoms with Crippen LogP contribution in [0.25, 0.3) is 11.3 Å². The van der Waals surface area contributed by atoms with Gasteiger partial charge in [0.15, 0.2) is 0 Å². The zero-order valence-electron chi connectivity index (χ0n) is 10.6. The second kappa shape index (κ2) is 5.60. The van der Waals surface area contributed by atoms with Gasteiger partial charge in [-0.2, -0.15) is 0 Å². The van der Waals surface area contributed by atoms with Gasteiger partial charge < -0.3 is 5.32 Å². The predicted octanol–water partition coefficient (Wildman–Crippen LogP) is 3.37. The largest absolute Gasteiger partial charge is 0.370 e. The molecule has 0 fully saturated rings. The number of rotatable bonds is 4. The molecule has 2 aromatic rings. The van der Waals surface area contributed by atoms with Crippen LogP contribution in [0.15, 0.2) is 30.3 Å². The normalized spacial score (nSPS) is 10.3. The molecule has 0 saturated heterocycles. The predicted molar refractivity (Wildman–Crippen MR) is 70.4 cm³/mol. The van der Waals surface area contributed by atoms with E-state index in [1.807, 2.05) is 0 Å². The molecule has 0 atom stereocenters. The first-order valence-corrected chi connectivity index (χ1v) is 5.87. The first kappa shape index (κ1) is 13.9. The van der Waals surface area contributed by atoms with Gasteiger partial charge in [0.25, 0.3) is 5.69 Å². The van der Waals surface area contributed by atoms with Gasteiger partial charge in [0.1, 0.15) is 17.5 Å². The van der Waals surface area contributed by atoms with Crippen molar-refractivity contribution in [3.8, 4) is 11.3 Å². The van der Waals surface area contributed by atoms with E-state index in [0.29, 0.717) is 6.54 Å². The molecule has 1 heterocycles. The Bertz CT molecular complexity index is 662. The lowest BCUT2D eigenvalue weighted by atomic mass is 10.1. The standard InChI is InChI=1S/C13H11F2N3O2/c1-2-16-13-7-9(18(19)20)6-12(17-13)10-5-8(14)3-4-11(10)15/h3-7H,2H2,1H3,(H,16,17). The number of anilines is 1. The molecule has 5 nitrogen and oxygen atoms in total. The second-order valence-electron chi connectivity index (χ2n) is 4.01. The Hall–Kier alpha value is -2.57. The number of aromatic nitrogens is 1. The lowest BCUT2D eigenvalue weighted by molar-refractivity contribution is -0.384. The third-order valence-electron chi connectivity index (χ3n) is 2.58. The lowest BCUT2D eigenvalue weighted by Crippen LogP contribution is -2.02. The molecule has 0 spiro atoms. The fraction of sp³-hybridized carbons (Fsp3) is 0.154. The zero-order valence-corrected chi connectivity index (χ0v) is 10.6. The van der Waals surface area contributed by atoms with E-state index in [1.165, 1.54) is 6.07 Å². The van der Waals surface area contributed by atoms with Gasteiger partial charge in [-0.3, -0.25) is 10.1 Å². The molecule has 1 N–H and O–H groups in total. The van der Waals surface area contributed by atoms with Crippen LogP contribution in [0.1, 0.15) is 6.92 Å². The van der Waals surface area contributed by atoms with Gasteiger partial charge in [0, 0.05) is 18.2 Å². The minimum absolute atomic E-state index is 0.00662. The SMILES string of the molecule is CCNc1cc([N+](=O)[O-])cc(-c2cc(F)ccc2F)n1. The van der Waals surface area contributed by atoms with Crippen molar-refractivity contribution in [2.24, 2.45) is 0 Å². The maximum atomic E-state index is 13.7. The van der Waals surface area contributed by atoms with Gasteiger partial charge in [-0.05, 0) is 25.1 Å². The number of nitrogens with one attached hydrogen (secondary N) is 1. The van der Waals surface area contributed by atoms with E-state index in [1.54, 1.807) is 6.92 Å². The second-order valence-corrected chi connectivity index (χ2v) is 4.01. The molecule has 1 aromatic heterocycles. The fourth-order valence-corrected chi connectivity index (χ4v) is 1.72. The highest BCUT2D eigenvalue weighted by Gasteiger charge is 2.15. The third-order valence-corrected chi connectivity index (χ3v) is 2.58. The van der Waals surface area contributed by atoms with Crippen molar-refractivity contribution in [1.82, 2.24) is 4.98 Å². The number of pyridine rings is 1. The summed E-state index contributed by atoms with van der Waals surface area (Å²) in [5.74, 6) is -1.10. The summed E-state index contributed by atoms with van der Waals surface area (Å²) in [5, 5.41) is 13.7. The Morgan fingerprint density at radius 1 is 1.30 bits per heavy atom. The summed E-state index contributed by atoms with van der Waals surface area (Å²) in [6.45, 7) is 2.29. The van der Waals surface area contributed by atoms with E-state index in [9.17, 15) is 18.9 Å².